The van der Waals surface area contributed by atoms with Crippen LogP contribution in [0.15, 0.2) is 24.3 Å². The van der Waals surface area contributed by atoms with E-state index in [2.05, 4.69) is 17.0 Å². The first-order valence-corrected chi connectivity index (χ1v) is 6.22. The molecule has 0 radical (unpaired) electrons. The van der Waals surface area contributed by atoms with Gasteiger partial charge in [0.1, 0.15) is 0 Å². The maximum absolute atomic E-state index is 11.3. The van der Waals surface area contributed by atoms with Crippen LogP contribution >= 0.6 is 0 Å². The van der Waals surface area contributed by atoms with Crippen molar-refractivity contribution in [2.75, 3.05) is 13.7 Å². The Labute approximate surface area is 108 Å². The molecule has 1 aromatic rings. The van der Waals surface area contributed by atoms with Gasteiger partial charge in [-0.2, -0.15) is 0 Å². The van der Waals surface area contributed by atoms with E-state index in [1.54, 1.807) is 12.1 Å². The van der Waals surface area contributed by atoms with E-state index in [0.29, 0.717) is 11.6 Å². The normalized spacial score (nSPS) is 12.2. The Balaban J connectivity index is 2.50. The van der Waals surface area contributed by atoms with Crippen molar-refractivity contribution >= 4 is 5.97 Å². The van der Waals surface area contributed by atoms with Crippen LogP contribution in [0.25, 0.3) is 0 Å². The molecule has 0 amide bonds. The first-order valence-electron chi connectivity index (χ1n) is 6.22. The zero-order valence-corrected chi connectivity index (χ0v) is 11.0. The molecule has 0 fully saturated rings. The molecule has 4 nitrogen and oxygen atoms in total. The number of aliphatic hydroxyl groups is 1. The van der Waals surface area contributed by atoms with Crippen molar-refractivity contribution in [1.29, 1.82) is 0 Å². The number of benzene rings is 1. The number of rotatable bonds is 7. The highest BCUT2D eigenvalue weighted by atomic mass is 16.5. The summed E-state index contributed by atoms with van der Waals surface area (Å²) < 4.78 is 4.64. The lowest BCUT2D eigenvalue weighted by Crippen LogP contribution is -2.28. The van der Waals surface area contributed by atoms with E-state index in [1.807, 2.05) is 12.1 Å². The van der Waals surface area contributed by atoms with Gasteiger partial charge in [0.05, 0.1) is 12.7 Å². The molecule has 0 aromatic heterocycles. The summed E-state index contributed by atoms with van der Waals surface area (Å²) >= 11 is 0. The van der Waals surface area contributed by atoms with Crippen LogP contribution in [0.5, 0.6) is 0 Å². The van der Waals surface area contributed by atoms with E-state index in [-0.39, 0.29) is 12.6 Å². The van der Waals surface area contributed by atoms with Gasteiger partial charge >= 0.3 is 5.97 Å². The van der Waals surface area contributed by atoms with Gasteiger partial charge < -0.3 is 15.2 Å². The van der Waals surface area contributed by atoms with Crippen molar-refractivity contribution in [3.8, 4) is 0 Å². The van der Waals surface area contributed by atoms with Gasteiger partial charge in [-0.25, -0.2) is 4.79 Å². The van der Waals surface area contributed by atoms with Gasteiger partial charge in [-0.1, -0.05) is 19.1 Å². The fraction of sp³-hybridized carbons (Fsp3) is 0.500. The molecule has 0 aliphatic carbocycles. The lowest BCUT2D eigenvalue weighted by molar-refractivity contribution is 0.0600. The molecule has 2 N–H and O–H groups in total. The molecule has 100 valence electrons. The van der Waals surface area contributed by atoms with Crippen LogP contribution in [0, 0.1) is 0 Å². The predicted octanol–water partition coefficient (Wildman–Crippen LogP) is 1.72. The SMILES string of the molecule is CCC(CCO)NCc1ccc(C(=O)OC)cc1. The minimum Gasteiger partial charge on any atom is -0.465 e. The molecule has 1 unspecified atom stereocenters. The number of aliphatic hydroxyl groups excluding tert-OH is 1. The predicted molar refractivity (Wildman–Crippen MR) is 70.4 cm³/mol. The van der Waals surface area contributed by atoms with E-state index in [9.17, 15) is 4.79 Å². The Morgan fingerprint density at radius 3 is 2.56 bits per heavy atom. The Hall–Kier alpha value is -1.39. The van der Waals surface area contributed by atoms with E-state index < -0.39 is 0 Å². The van der Waals surface area contributed by atoms with Crippen LogP contribution in [0.4, 0.5) is 0 Å². The number of methoxy groups -OCH3 is 1. The third-order valence-corrected chi connectivity index (χ3v) is 2.94. The molecule has 1 aromatic carbocycles. The van der Waals surface area contributed by atoms with Gasteiger partial charge in [-0.05, 0) is 30.5 Å². The first kappa shape index (κ1) is 14.7. The quantitative estimate of drug-likeness (QED) is 0.724. The van der Waals surface area contributed by atoms with Crippen molar-refractivity contribution in [2.24, 2.45) is 0 Å². The lowest BCUT2D eigenvalue weighted by atomic mass is 10.1. The van der Waals surface area contributed by atoms with Crippen molar-refractivity contribution in [3.63, 3.8) is 0 Å². The number of hydrogen-bond donors (Lipinski definition) is 2. The average molecular weight is 251 g/mol. The summed E-state index contributed by atoms with van der Waals surface area (Å²) in [4.78, 5) is 11.3. The summed E-state index contributed by atoms with van der Waals surface area (Å²) in [6.45, 7) is 3.03. The number of hydrogen-bond acceptors (Lipinski definition) is 4. The summed E-state index contributed by atoms with van der Waals surface area (Å²) in [5.41, 5.74) is 1.67. The minimum absolute atomic E-state index is 0.201. The number of carbonyl (C=O) groups excluding carboxylic acids is 1. The van der Waals surface area contributed by atoms with E-state index in [0.717, 1.165) is 24.9 Å². The van der Waals surface area contributed by atoms with E-state index in [4.69, 9.17) is 5.11 Å². The third kappa shape index (κ3) is 4.47. The van der Waals surface area contributed by atoms with Crippen LogP contribution in [0.1, 0.15) is 35.7 Å². The molecular formula is C14H21NO3. The van der Waals surface area contributed by atoms with Gasteiger partial charge in [-0.3, -0.25) is 0 Å². The van der Waals surface area contributed by atoms with Crippen molar-refractivity contribution in [1.82, 2.24) is 5.32 Å². The van der Waals surface area contributed by atoms with Crippen LogP contribution in [0.3, 0.4) is 0 Å². The minimum atomic E-state index is -0.318. The molecule has 0 spiro atoms. The maximum atomic E-state index is 11.3. The van der Waals surface area contributed by atoms with Gasteiger partial charge in [0, 0.05) is 19.2 Å². The Kier molecular flexibility index (Phi) is 6.39. The topological polar surface area (TPSA) is 58.6 Å². The number of esters is 1. The molecular weight excluding hydrogens is 230 g/mol. The fourth-order valence-corrected chi connectivity index (χ4v) is 1.75. The van der Waals surface area contributed by atoms with Crippen LogP contribution in [-0.4, -0.2) is 30.8 Å². The second-order valence-corrected chi connectivity index (χ2v) is 4.19. The molecule has 0 aliphatic heterocycles. The fourth-order valence-electron chi connectivity index (χ4n) is 1.75. The summed E-state index contributed by atoms with van der Waals surface area (Å²) in [5.74, 6) is -0.318. The Bertz CT molecular complexity index is 362. The standard InChI is InChI=1S/C14H21NO3/c1-3-13(8-9-16)15-10-11-4-6-12(7-5-11)14(17)18-2/h4-7,13,15-16H,3,8-10H2,1-2H3. The molecule has 1 atom stereocenters. The second-order valence-electron chi connectivity index (χ2n) is 4.19. The number of nitrogens with one attached hydrogen (secondary N) is 1. The number of carbonyl (C=O) groups is 1. The van der Waals surface area contributed by atoms with Crippen molar-refractivity contribution in [2.45, 2.75) is 32.4 Å². The highest BCUT2D eigenvalue weighted by Crippen LogP contribution is 2.07. The van der Waals surface area contributed by atoms with Gasteiger partial charge in [-0.15, -0.1) is 0 Å². The summed E-state index contributed by atoms with van der Waals surface area (Å²) in [7, 11) is 1.37. The van der Waals surface area contributed by atoms with Crippen LogP contribution < -0.4 is 5.32 Å². The number of ether oxygens (including phenoxy) is 1. The summed E-state index contributed by atoms with van der Waals surface area (Å²) in [6, 6.07) is 7.66. The average Bonchev–Trinajstić information content (AvgIpc) is 2.43. The van der Waals surface area contributed by atoms with E-state index >= 15 is 0 Å². The summed E-state index contributed by atoms with van der Waals surface area (Å²) in [6.07, 6.45) is 1.75. The maximum Gasteiger partial charge on any atom is 0.337 e. The Morgan fingerprint density at radius 2 is 2.06 bits per heavy atom. The zero-order valence-electron chi connectivity index (χ0n) is 11.0. The zero-order chi connectivity index (χ0) is 13.4. The molecule has 1 rings (SSSR count). The molecule has 4 heteroatoms. The molecule has 0 heterocycles. The molecule has 0 saturated carbocycles. The first-order chi connectivity index (χ1) is 8.71. The second kappa shape index (κ2) is 7.84. The largest absolute Gasteiger partial charge is 0.465 e. The highest BCUT2D eigenvalue weighted by Gasteiger charge is 2.06. The van der Waals surface area contributed by atoms with Gasteiger partial charge in [0.2, 0.25) is 0 Å². The van der Waals surface area contributed by atoms with Crippen molar-refractivity contribution < 1.29 is 14.6 Å². The monoisotopic (exact) mass is 251 g/mol. The van der Waals surface area contributed by atoms with Gasteiger partial charge in [0.25, 0.3) is 0 Å². The Morgan fingerprint density at radius 1 is 1.39 bits per heavy atom. The summed E-state index contributed by atoms with van der Waals surface area (Å²) in [5, 5.41) is 12.3. The molecule has 18 heavy (non-hydrogen) atoms. The van der Waals surface area contributed by atoms with E-state index in [1.165, 1.54) is 7.11 Å². The molecule has 0 saturated heterocycles. The van der Waals surface area contributed by atoms with Crippen molar-refractivity contribution in [3.05, 3.63) is 35.4 Å². The van der Waals surface area contributed by atoms with Crippen LogP contribution in [0.2, 0.25) is 0 Å². The van der Waals surface area contributed by atoms with Crippen LogP contribution in [-0.2, 0) is 11.3 Å². The smallest absolute Gasteiger partial charge is 0.337 e. The molecule has 0 bridgehead atoms. The van der Waals surface area contributed by atoms with Gasteiger partial charge in [0.15, 0.2) is 0 Å². The lowest BCUT2D eigenvalue weighted by Gasteiger charge is -2.15. The third-order valence-electron chi connectivity index (χ3n) is 2.94. The molecule has 0 aliphatic rings. The highest BCUT2D eigenvalue weighted by molar-refractivity contribution is 5.89.